The van der Waals surface area contributed by atoms with Crippen LogP contribution in [0.25, 0.3) is 0 Å². The molecule has 1 N–H and O–H groups in total. The van der Waals surface area contributed by atoms with Gasteiger partial charge in [0.1, 0.15) is 0 Å². The van der Waals surface area contributed by atoms with Gasteiger partial charge < -0.3 is 5.32 Å². The third kappa shape index (κ3) is 2.68. The first kappa shape index (κ1) is 12.1. The van der Waals surface area contributed by atoms with E-state index in [0.717, 1.165) is 22.7 Å². The number of aromatic nitrogens is 2. The average Bonchev–Trinajstić information content (AvgIpc) is 2.75. The van der Waals surface area contributed by atoms with Gasteiger partial charge in [-0.1, -0.05) is 29.8 Å². The van der Waals surface area contributed by atoms with Crippen molar-refractivity contribution in [1.29, 1.82) is 0 Å². The van der Waals surface area contributed by atoms with Crippen LogP contribution in [0.3, 0.4) is 0 Å². The zero-order chi connectivity index (χ0) is 12.3. The molecule has 1 aromatic carbocycles. The molecule has 4 heteroatoms. The molecule has 0 aliphatic heterocycles. The van der Waals surface area contributed by atoms with Crippen molar-refractivity contribution < 1.29 is 0 Å². The standard InChI is InChI=1S/C13H16ClN3/c1-15-12(13-7-8-16-17(13)2)9-10-5-3-4-6-11(10)14/h3-8,12,15H,9H2,1-2H3. The molecule has 0 radical (unpaired) electrons. The number of nitrogens with zero attached hydrogens (tertiary/aromatic N) is 2. The molecule has 1 heterocycles. The first-order valence-corrected chi connectivity index (χ1v) is 5.98. The molecule has 17 heavy (non-hydrogen) atoms. The molecule has 2 rings (SSSR count). The summed E-state index contributed by atoms with van der Waals surface area (Å²) in [4.78, 5) is 0. The molecule has 1 unspecified atom stereocenters. The predicted octanol–water partition coefficient (Wildman–Crippen LogP) is 2.58. The van der Waals surface area contributed by atoms with Crippen LogP contribution in [0, 0.1) is 0 Å². The van der Waals surface area contributed by atoms with Crippen molar-refractivity contribution in [3.05, 3.63) is 52.8 Å². The maximum absolute atomic E-state index is 6.18. The Morgan fingerprint density at radius 3 is 2.71 bits per heavy atom. The maximum Gasteiger partial charge on any atom is 0.0553 e. The summed E-state index contributed by atoms with van der Waals surface area (Å²) in [6.45, 7) is 0. The van der Waals surface area contributed by atoms with E-state index in [-0.39, 0.29) is 6.04 Å². The van der Waals surface area contributed by atoms with Gasteiger partial charge in [0.05, 0.1) is 11.7 Å². The largest absolute Gasteiger partial charge is 0.311 e. The van der Waals surface area contributed by atoms with Crippen LogP contribution in [-0.2, 0) is 13.5 Å². The number of benzene rings is 1. The molecule has 0 bridgehead atoms. The van der Waals surface area contributed by atoms with Crippen molar-refractivity contribution in [2.24, 2.45) is 7.05 Å². The van der Waals surface area contributed by atoms with Crippen LogP contribution in [0.2, 0.25) is 5.02 Å². The Kier molecular flexibility index (Phi) is 3.82. The van der Waals surface area contributed by atoms with Gasteiger partial charge in [-0.25, -0.2) is 0 Å². The minimum Gasteiger partial charge on any atom is -0.311 e. The Labute approximate surface area is 106 Å². The topological polar surface area (TPSA) is 29.9 Å². The predicted molar refractivity (Wildman–Crippen MR) is 70.2 cm³/mol. The van der Waals surface area contributed by atoms with Crippen molar-refractivity contribution in [1.82, 2.24) is 15.1 Å². The highest BCUT2D eigenvalue weighted by molar-refractivity contribution is 6.31. The van der Waals surface area contributed by atoms with Crippen LogP contribution >= 0.6 is 11.6 Å². The number of aryl methyl sites for hydroxylation is 1. The molecule has 1 aromatic heterocycles. The van der Waals surface area contributed by atoms with Gasteiger partial charge in [-0.2, -0.15) is 5.10 Å². The molecule has 0 spiro atoms. The molecular weight excluding hydrogens is 234 g/mol. The molecule has 0 amide bonds. The smallest absolute Gasteiger partial charge is 0.0553 e. The van der Waals surface area contributed by atoms with E-state index in [0.29, 0.717) is 0 Å². The van der Waals surface area contributed by atoms with Crippen LogP contribution in [0.15, 0.2) is 36.5 Å². The van der Waals surface area contributed by atoms with E-state index in [1.54, 1.807) is 0 Å². The molecule has 3 nitrogen and oxygen atoms in total. The summed E-state index contributed by atoms with van der Waals surface area (Å²) in [5.41, 5.74) is 2.31. The number of likely N-dealkylation sites (N-methyl/N-ethyl adjacent to an activating group) is 1. The van der Waals surface area contributed by atoms with Crippen LogP contribution in [0.1, 0.15) is 17.3 Å². The van der Waals surface area contributed by atoms with E-state index < -0.39 is 0 Å². The van der Waals surface area contributed by atoms with E-state index in [1.165, 1.54) is 0 Å². The lowest BCUT2D eigenvalue weighted by Crippen LogP contribution is -2.21. The Bertz CT molecular complexity index is 493. The van der Waals surface area contributed by atoms with E-state index in [2.05, 4.69) is 16.5 Å². The Hall–Kier alpha value is -1.32. The Balaban J connectivity index is 2.22. The molecule has 0 saturated carbocycles. The number of halogens is 1. The lowest BCUT2D eigenvalue weighted by molar-refractivity contribution is 0.537. The van der Waals surface area contributed by atoms with E-state index >= 15 is 0 Å². The third-order valence-electron chi connectivity index (χ3n) is 2.95. The van der Waals surface area contributed by atoms with Gasteiger partial charge in [-0.05, 0) is 31.2 Å². The summed E-state index contributed by atoms with van der Waals surface area (Å²) in [7, 11) is 3.90. The second-order valence-corrected chi connectivity index (χ2v) is 4.42. The summed E-state index contributed by atoms with van der Waals surface area (Å²) < 4.78 is 1.89. The molecule has 0 fully saturated rings. The third-order valence-corrected chi connectivity index (χ3v) is 3.31. The fraction of sp³-hybridized carbons (Fsp3) is 0.308. The quantitative estimate of drug-likeness (QED) is 0.903. The lowest BCUT2D eigenvalue weighted by Gasteiger charge is -2.17. The highest BCUT2D eigenvalue weighted by Gasteiger charge is 2.14. The van der Waals surface area contributed by atoms with Gasteiger partial charge in [0, 0.05) is 18.3 Å². The van der Waals surface area contributed by atoms with Gasteiger partial charge in [0.15, 0.2) is 0 Å². The first-order valence-electron chi connectivity index (χ1n) is 5.61. The van der Waals surface area contributed by atoms with Crippen LogP contribution in [-0.4, -0.2) is 16.8 Å². The zero-order valence-corrected chi connectivity index (χ0v) is 10.8. The van der Waals surface area contributed by atoms with E-state index in [1.807, 2.05) is 49.2 Å². The second-order valence-electron chi connectivity index (χ2n) is 4.02. The number of hydrogen-bond acceptors (Lipinski definition) is 2. The molecule has 0 aliphatic rings. The van der Waals surface area contributed by atoms with Gasteiger partial charge in [-0.3, -0.25) is 4.68 Å². The summed E-state index contributed by atoms with van der Waals surface area (Å²) in [5, 5.41) is 8.31. The summed E-state index contributed by atoms with van der Waals surface area (Å²) in [6, 6.07) is 10.2. The minimum absolute atomic E-state index is 0.224. The molecule has 2 aromatic rings. The van der Waals surface area contributed by atoms with E-state index in [9.17, 15) is 0 Å². The SMILES string of the molecule is CNC(Cc1ccccc1Cl)c1ccnn1C. The molecule has 90 valence electrons. The Morgan fingerprint density at radius 2 is 2.12 bits per heavy atom. The van der Waals surface area contributed by atoms with Crippen molar-refractivity contribution >= 4 is 11.6 Å². The van der Waals surface area contributed by atoms with Gasteiger partial charge >= 0.3 is 0 Å². The van der Waals surface area contributed by atoms with Crippen molar-refractivity contribution in [2.45, 2.75) is 12.5 Å². The van der Waals surface area contributed by atoms with Crippen LogP contribution in [0.4, 0.5) is 0 Å². The number of rotatable bonds is 4. The van der Waals surface area contributed by atoms with E-state index in [4.69, 9.17) is 11.6 Å². The Morgan fingerprint density at radius 1 is 1.35 bits per heavy atom. The van der Waals surface area contributed by atoms with Crippen molar-refractivity contribution in [3.63, 3.8) is 0 Å². The maximum atomic E-state index is 6.18. The zero-order valence-electron chi connectivity index (χ0n) is 10.0. The highest BCUT2D eigenvalue weighted by Crippen LogP contribution is 2.22. The number of hydrogen-bond donors (Lipinski definition) is 1. The van der Waals surface area contributed by atoms with Crippen molar-refractivity contribution in [2.75, 3.05) is 7.05 Å². The van der Waals surface area contributed by atoms with Crippen LogP contribution < -0.4 is 5.32 Å². The fourth-order valence-corrected chi connectivity index (χ4v) is 2.18. The molecule has 0 saturated heterocycles. The summed E-state index contributed by atoms with van der Waals surface area (Å²) >= 11 is 6.18. The lowest BCUT2D eigenvalue weighted by atomic mass is 10.0. The van der Waals surface area contributed by atoms with Gasteiger partial charge in [-0.15, -0.1) is 0 Å². The van der Waals surface area contributed by atoms with Crippen LogP contribution in [0.5, 0.6) is 0 Å². The molecule has 0 aliphatic carbocycles. The normalized spacial score (nSPS) is 12.6. The summed E-state index contributed by atoms with van der Waals surface area (Å²) in [5.74, 6) is 0. The fourth-order valence-electron chi connectivity index (χ4n) is 1.96. The van der Waals surface area contributed by atoms with Gasteiger partial charge in [0.25, 0.3) is 0 Å². The minimum atomic E-state index is 0.224. The molecular formula is C13H16ClN3. The molecule has 1 atom stereocenters. The van der Waals surface area contributed by atoms with Crippen molar-refractivity contribution in [3.8, 4) is 0 Å². The average molecular weight is 250 g/mol. The highest BCUT2D eigenvalue weighted by atomic mass is 35.5. The first-order chi connectivity index (χ1) is 8.22. The van der Waals surface area contributed by atoms with Gasteiger partial charge in [0.2, 0.25) is 0 Å². The second kappa shape index (κ2) is 5.34. The monoisotopic (exact) mass is 249 g/mol. The summed E-state index contributed by atoms with van der Waals surface area (Å²) in [6.07, 6.45) is 2.67. The number of nitrogens with one attached hydrogen (secondary N) is 1.